The summed E-state index contributed by atoms with van der Waals surface area (Å²) in [5, 5.41) is 2.82. The molecule has 0 aliphatic carbocycles. The lowest BCUT2D eigenvalue weighted by molar-refractivity contribution is -0.120. The zero-order valence-electron chi connectivity index (χ0n) is 19.5. The fourth-order valence-corrected chi connectivity index (χ4v) is 5.87. The van der Waals surface area contributed by atoms with Gasteiger partial charge in [0.15, 0.2) is 5.78 Å². The van der Waals surface area contributed by atoms with Crippen LogP contribution >= 0.6 is 0 Å². The Morgan fingerprint density at radius 1 is 1.06 bits per heavy atom. The fraction of sp³-hybridized carbons (Fsp3) is 0.348. The first-order chi connectivity index (χ1) is 16.5. The molecule has 0 bridgehead atoms. The summed E-state index contributed by atoms with van der Waals surface area (Å²) in [7, 11) is -1.15. The Balaban J connectivity index is 1.64. The van der Waals surface area contributed by atoms with E-state index in [9.17, 15) is 27.6 Å². The molecule has 0 spiro atoms. The van der Waals surface area contributed by atoms with Crippen molar-refractivity contribution in [1.82, 2.24) is 18.4 Å². The molecule has 1 fully saturated rings. The number of carbonyl (C=O) groups is 2. The van der Waals surface area contributed by atoms with Crippen molar-refractivity contribution in [2.75, 3.05) is 11.9 Å². The van der Waals surface area contributed by atoms with Gasteiger partial charge in [0.05, 0.1) is 22.2 Å². The van der Waals surface area contributed by atoms with E-state index >= 15 is 0 Å². The van der Waals surface area contributed by atoms with Crippen LogP contribution in [0.15, 0.2) is 51.0 Å². The van der Waals surface area contributed by atoms with Gasteiger partial charge in [-0.1, -0.05) is 18.6 Å². The van der Waals surface area contributed by atoms with Crippen LogP contribution < -0.4 is 16.6 Å². The van der Waals surface area contributed by atoms with Crippen LogP contribution in [0, 0.1) is 0 Å². The van der Waals surface area contributed by atoms with Crippen LogP contribution in [-0.2, 0) is 28.9 Å². The Morgan fingerprint density at radius 2 is 1.74 bits per heavy atom. The molecule has 1 unspecified atom stereocenters. The molecule has 184 valence electrons. The predicted octanol–water partition coefficient (Wildman–Crippen LogP) is 1.02. The average molecular weight is 500 g/mol. The topological polar surface area (TPSA) is 140 Å². The van der Waals surface area contributed by atoms with Gasteiger partial charge < -0.3 is 5.32 Å². The maximum atomic E-state index is 13.3. The van der Waals surface area contributed by atoms with E-state index in [0.717, 1.165) is 4.57 Å². The van der Waals surface area contributed by atoms with Crippen molar-refractivity contribution in [3.05, 3.63) is 62.9 Å². The number of ketones is 1. The number of Topliss-reactive ketones (excluding diaryl/α,β-unsaturated/α-hetero) is 1. The normalized spacial score (nSPS) is 16.8. The van der Waals surface area contributed by atoms with Crippen LogP contribution in [-0.4, -0.2) is 51.1 Å². The lowest BCUT2D eigenvalue weighted by Gasteiger charge is -2.33. The number of anilines is 1. The third-order valence-electron chi connectivity index (χ3n) is 6.18. The Hall–Kier alpha value is -3.64. The molecule has 2 aromatic heterocycles. The van der Waals surface area contributed by atoms with Gasteiger partial charge >= 0.3 is 5.69 Å². The number of amides is 1. The van der Waals surface area contributed by atoms with E-state index in [1.54, 1.807) is 0 Å². The van der Waals surface area contributed by atoms with Gasteiger partial charge in [-0.3, -0.25) is 23.5 Å². The maximum Gasteiger partial charge on any atom is 0.332 e. The summed E-state index contributed by atoms with van der Waals surface area (Å²) < 4.78 is 30.0. The fourth-order valence-electron chi connectivity index (χ4n) is 4.21. The second kappa shape index (κ2) is 9.19. The first kappa shape index (κ1) is 24.5. The summed E-state index contributed by atoms with van der Waals surface area (Å²) in [6, 6.07) is 6.08. The lowest BCUT2D eigenvalue weighted by atomic mass is 10.0. The monoisotopic (exact) mass is 499 g/mol. The van der Waals surface area contributed by atoms with Crippen molar-refractivity contribution in [3.8, 4) is 0 Å². The van der Waals surface area contributed by atoms with Gasteiger partial charge in [0, 0.05) is 26.2 Å². The Labute approximate surface area is 201 Å². The summed E-state index contributed by atoms with van der Waals surface area (Å²) >= 11 is 0. The molecular formula is C23H25N5O6S. The molecule has 1 aliphatic heterocycles. The molecule has 1 saturated heterocycles. The molecule has 11 nitrogen and oxygen atoms in total. The molecule has 12 heteroatoms. The van der Waals surface area contributed by atoms with Crippen molar-refractivity contribution in [2.24, 2.45) is 14.1 Å². The Kier molecular flexibility index (Phi) is 6.43. The predicted molar refractivity (Wildman–Crippen MR) is 129 cm³/mol. The molecular weight excluding hydrogens is 474 g/mol. The molecule has 1 amide bonds. The van der Waals surface area contributed by atoms with Gasteiger partial charge in [-0.05, 0) is 38.0 Å². The van der Waals surface area contributed by atoms with Crippen LogP contribution in [0.25, 0.3) is 11.0 Å². The van der Waals surface area contributed by atoms with Crippen LogP contribution in [0.5, 0.6) is 0 Å². The summed E-state index contributed by atoms with van der Waals surface area (Å²) in [5.41, 5.74) is -0.294. The van der Waals surface area contributed by atoms with Crippen LogP contribution in [0.2, 0.25) is 0 Å². The van der Waals surface area contributed by atoms with Crippen LogP contribution in [0.4, 0.5) is 5.69 Å². The van der Waals surface area contributed by atoms with E-state index < -0.39 is 33.2 Å². The molecule has 1 N–H and O–H groups in total. The van der Waals surface area contributed by atoms with E-state index in [-0.39, 0.29) is 33.9 Å². The number of rotatable bonds is 5. The summed E-state index contributed by atoms with van der Waals surface area (Å²) in [6.07, 6.45) is 2.93. The van der Waals surface area contributed by atoms with E-state index in [0.29, 0.717) is 24.8 Å². The zero-order valence-corrected chi connectivity index (χ0v) is 20.3. The number of pyridine rings is 1. The van der Waals surface area contributed by atoms with E-state index in [2.05, 4.69) is 10.3 Å². The number of fused-ring (bicyclic) bond motifs is 1. The first-order valence-electron chi connectivity index (χ1n) is 11.0. The molecule has 1 aromatic carbocycles. The number of carbonyl (C=O) groups excluding carboxylic acids is 2. The number of aromatic nitrogens is 3. The number of hydrogen-bond donors (Lipinski definition) is 1. The average Bonchev–Trinajstić information content (AvgIpc) is 2.86. The van der Waals surface area contributed by atoms with E-state index in [4.69, 9.17) is 0 Å². The number of hydrogen-bond acceptors (Lipinski definition) is 7. The third-order valence-corrected chi connectivity index (χ3v) is 8.11. The molecule has 0 radical (unpaired) electrons. The largest absolute Gasteiger partial charge is 0.332 e. The van der Waals surface area contributed by atoms with Crippen LogP contribution in [0.3, 0.4) is 0 Å². The molecule has 1 aliphatic rings. The van der Waals surface area contributed by atoms with Crippen molar-refractivity contribution in [3.63, 3.8) is 0 Å². The van der Waals surface area contributed by atoms with Crippen molar-refractivity contribution in [1.29, 1.82) is 0 Å². The molecule has 1 atom stereocenters. The summed E-state index contributed by atoms with van der Waals surface area (Å²) in [5.74, 6) is -0.723. The highest BCUT2D eigenvalue weighted by Crippen LogP contribution is 2.27. The van der Waals surface area contributed by atoms with Crippen LogP contribution in [0.1, 0.15) is 36.5 Å². The van der Waals surface area contributed by atoms with Gasteiger partial charge in [-0.25, -0.2) is 18.2 Å². The molecule has 4 rings (SSSR count). The SMILES string of the molecule is CC(=O)c1ccc(S(=O)(=O)N2CCCCC2C(=O)Nc2cnc3c(c2)c(=O)n(C)c(=O)n3C)cc1. The maximum absolute atomic E-state index is 13.3. The quantitative estimate of drug-likeness (QED) is 0.517. The first-order valence-corrected chi connectivity index (χ1v) is 12.5. The number of sulfonamides is 1. The van der Waals surface area contributed by atoms with Crippen molar-refractivity contribution in [2.45, 2.75) is 37.1 Å². The highest BCUT2D eigenvalue weighted by molar-refractivity contribution is 7.89. The molecule has 0 saturated carbocycles. The second-order valence-corrected chi connectivity index (χ2v) is 10.4. The molecule has 3 heterocycles. The number of aryl methyl sites for hydroxylation is 1. The van der Waals surface area contributed by atoms with Crippen molar-refractivity contribution < 1.29 is 18.0 Å². The van der Waals surface area contributed by atoms with Gasteiger partial charge in [-0.15, -0.1) is 0 Å². The Morgan fingerprint density at radius 3 is 2.40 bits per heavy atom. The highest BCUT2D eigenvalue weighted by Gasteiger charge is 2.37. The standard InChI is InChI=1S/C23H25N5O6S/c1-14(29)15-7-9-17(10-8-15)35(33,34)28-11-5-4-6-19(28)21(30)25-16-12-18-20(24-13-16)26(2)23(32)27(3)22(18)31/h7-10,12-13,19H,4-6,11H2,1-3H3,(H,25,30). The third kappa shape index (κ3) is 4.42. The number of nitrogens with one attached hydrogen (secondary N) is 1. The zero-order chi connectivity index (χ0) is 25.5. The smallest absolute Gasteiger partial charge is 0.323 e. The minimum Gasteiger partial charge on any atom is -0.323 e. The minimum absolute atomic E-state index is 0.000939. The lowest BCUT2D eigenvalue weighted by Crippen LogP contribution is -2.49. The van der Waals surface area contributed by atoms with Gasteiger partial charge in [0.1, 0.15) is 11.7 Å². The van der Waals surface area contributed by atoms with Gasteiger partial charge in [-0.2, -0.15) is 4.31 Å². The second-order valence-electron chi connectivity index (χ2n) is 8.50. The summed E-state index contributed by atoms with van der Waals surface area (Å²) in [6.45, 7) is 1.57. The number of benzene rings is 1. The van der Waals surface area contributed by atoms with Gasteiger partial charge in [0.2, 0.25) is 15.9 Å². The van der Waals surface area contributed by atoms with E-state index in [1.165, 1.54) is 66.4 Å². The van der Waals surface area contributed by atoms with Crippen molar-refractivity contribution >= 4 is 38.4 Å². The van der Waals surface area contributed by atoms with Gasteiger partial charge in [0.25, 0.3) is 5.56 Å². The molecule has 3 aromatic rings. The Bertz CT molecular complexity index is 1560. The summed E-state index contributed by atoms with van der Waals surface area (Å²) in [4.78, 5) is 53.5. The van der Waals surface area contributed by atoms with E-state index in [1.807, 2.05) is 0 Å². The highest BCUT2D eigenvalue weighted by atomic mass is 32.2. The molecule has 35 heavy (non-hydrogen) atoms. The number of nitrogens with zero attached hydrogens (tertiary/aromatic N) is 4. The number of piperidine rings is 1. The minimum atomic E-state index is -3.99.